The lowest BCUT2D eigenvalue weighted by Gasteiger charge is -2.18. The summed E-state index contributed by atoms with van der Waals surface area (Å²) in [6.45, 7) is 1.76. The second-order valence-corrected chi connectivity index (χ2v) is 6.55. The summed E-state index contributed by atoms with van der Waals surface area (Å²) in [5.41, 5.74) is 6.91. The molecule has 0 saturated carbocycles. The Morgan fingerprint density at radius 2 is 2.05 bits per heavy atom. The van der Waals surface area contributed by atoms with Gasteiger partial charge in [0.25, 0.3) is 0 Å². The van der Waals surface area contributed by atoms with Crippen molar-refractivity contribution in [2.45, 2.75) is 13.0 Å². The summed E-state index contributed by atoms with van der Waals surface area (Å²) in [7, 11) is 0. The average Bonchev–Trinajstić information content (AvgIpc) is 2.82. The topological polar surface area (TPSA) is 48.1 Å². The van der Waals surface area contributed by atoms with Crippen molar-refractivity contribution in [3.8, 4) is 5.75 Å². The lowest BCUT2D eigenvalue weighted by Crippen LogP contribution is -2.05. The van der Waals surface area contributed by atoms with Crippen LogP contribution in [-0.4, -0.2) is 4.98 Å². The van der Waals surface area contributed by atoms with E-state index in [1.807, 2.05) is 12.1 Å². The molecule has 2 aromatic carbocycles. The van der Waals surface area contributed by atoms with Crippen molar-refractivity contribution in [3.63, 3.8) is 0 Å². The maximum absolute atomic E-state index is 13.6. The molecule has 3 rings (SSSR count). The minimum Gasteiger partial charge on any atom is -0.486 e. The summed E-state index contributed by atoms with van der Waals surface area (Å²) in [6.07, 6.45) is -0.501. The molecule has 1 atom stereocenters. The lowest BCUT2D eigenvalue weighted by atomic mass is 10.1. The van der Waals surface area contributed by atoms with E-state index in [2.05, 4.69) is 4.98 Å². The van der Waals surface area contributed by atoms with Crippen LogP contribution >= 0.6 is 34.5 Å². The zero-order valence-corrected chi connectivity index (χ0v) is 13.8. The molecule has 0 bridgehead atoms. The van der Waals surface area contributed by atoms with Gasteiger partial charge in [-0.3, -0.25) is 0 Å². The van der Waals surface area contributed by atoms with Crippen LogP contribution in [0.1, 0.15) is 18.6 Å². The number of nitrogen functional groups attached to an aromatic ring is 1. The number of nitrogens with two attached hydrogens (primary N) is 1. The Morgan fingerprint density at radius 3 is 2.82 bits per heavy atom. The minimum absolute atomic E-state index is 0.0249. The van der Waals surface area contributed by atoms with Crippen molar-refractivity contribution >= 4 is 49.9 Å². The normalized spacial score (nSPS) is 12.5. The number of fused-ring (bicyclic) bond motifs is 1. The number of nitrogens with zero attached hydrogens (tertiary/aromatic N) is 1. The standard InChI is InChI=1S/C15H11Cl2FN2OS/c1-7(13-9(16)3-4-10(18)14(13)17)21-8-2-5-11-12(6-8)22-15(19)20-11/h2-7H,1H3,(H2,19,20). The van der Waals surface area contributed by atoms with Gasteiger partial charge in [0.15, 0.2) is 5.13 Å². The first-order valence-electron chi connectivity index (χ1n) is 6.42. The van der Waals surface area contributed by atoms with Gasteiger partial charge in [0, 0.05) is 10.6 Å². The smallest absolute Gasteiger partial charge is 0.181 e. The fraction of sp³-hybridized carbons (Fsp3) is 0.133. The van der Waals surface area contributed by atoms with E-state index in [4.69, 9.17) is 33.7 Å². The summed E-state index contributed by atoms with van der Waals surface area (Å²) in [5, 5.41) is 0.835. The molecule has 3 aromatic rings. The predicted molar refractivity (Wildman–Crippen MR) is 89.5 cm³/mol. The number of hydrogen-bond acceptors (Lipinski definition) is 4. The predicted octanol–water partition coefficient (Wildman–Crippen LogP) is 5.46. The summed E-state index contributed by atoms with van der Waals surface area (Å²) in [4.78, 5) is 4.18. The summed E-state index contributed by atoms with van der Waals surface area (Å²) in [6, 6.07) is 8.12. The second kappa shape index (κ2) is 5.91. The Balaban J connectivity index is 1.92. The van der Waals surface area contributed by atoms with Crippen molar-refractivity contribution in [2.75, 3.05) is 5.73 Å². The first-order valence-corrected chi connectivity index (χ1v) is 7.99. The van der Waals surface area contributed by atoms with Crippen LogP contribution in [0, 0.1) is 5.82 Å². The number of halogens is 3. The number of hydrogen-bond donors (Lipinski definition) is 1. The molecule has 0 aliphatic carbocycles. The van der Waals surface area contributed by atoms with E-state index in [9.17, 15) is 4.39 Å². The molecule has 1 heterocycles. The highest BCUT2D eigenvalue weighted by Crippen LogP contribution is 2.36. The molecule has 0 fully saturated rings. The fourth-order valence-electron chi connectivity index (χ4n) is 2.17. The van der Waals surface area contributed by atoms with Gasteiger partial charge in [0.05, 0.1) is 15.2 Å². The number of thiazole rings is 1. The molecular weight excluding hydrogens is 346 g/mol. The number of rotatable bonds is 3. The molecule has 0 radical (unpaired) electrons. The molecule has 0 amide bonds. The van der Waals surface area contributed by atoms with E-state index in [-0.39, 0.29) is 5.02 Å². The minimum atomic E-state index is -0.526. The zero-order chi connectivity index (χ0) is 15.9. The van der Waals surface area contributed by atoms with Crippen LogP contribution in [0.4, 0.5) is 9.52 Å². The molecule has 1 unspecified atom stereocenters. The molecule has 22 heavy (non-hydrogen) atoms. The summed E-state index contributed by atoms with van der Waals surface area (Å²) < 4.78 is 20.4. The van der Waals surface area contributed by atoms with Gasteiger partial charge in [-0.05, 0) is 37.3 Å². The third kappa shape index (κ3) is 2.84. The van der Waals surface area contributed by atoms with E-state index in [0.29, 0.717) is 21.5 Å². The Morgan fingerprint density at radius 1 is 1.27 bits per heavy atom. The van der Waals surface area contributed by atoms with Crippen molar-refractivity contribution in [2.24, 2.45) is 0 Å². The van der Waals surface area contributed by atoms with Gasteiger partial charge in [-0.1, -0.05) is 34.5 Å². The highest BCUT2D eigenvalue weighted by Gasteiger charge is 2.18. The summed E-state index contributed by atoms with van der Waals surface area (Å²) >= 11 is 13.5. The van der Waals surface area contributed by atoms with Crippen molar-refractivity contribution in [1.29, 1.82) is 0 Å². The van der Waals surface area contributed by atoms with E-state index in [0.717, 1.165) is 10.2 Å². The monoisotopic (exact) mass is 356 g/mol. The van der Waals surface area contributed by atoms with Gasteiger partial charge in [-0.2, -0.15) is 0 Å². The highest BCUT2D eigenvalue weighted by atomic mass is 35.5. The molecule has 0 aliphatic heterocycles. The van der Waals surface area contributed by atoms with Crippen molar-refractivity contribution in [3.05, 3.63) is 51.8 Å². The van der Waals surface area contributed by atoms with E-state index in [1.165, 1.54) is 23.5 Å². The molecule has 7 heteroatoms. The quantitative estimate of drug-likeness (QED) is 0.633. The fourth-order valence-corrected chi connectivity index (χ4v) is 3.62. The zero-order valence-electron chi connectivity index (χ0n) is 11.4. The first kappa shape index (κ1) is 15.3. The van der Waals surface area contributed by atoms with Crippen LogP contribution in [0.15, 0.2) is 30.3 Å². The molecule has 3 nitrogen and oxygen atoms in total. The highest BCUT2D eigenvalue weighted by molar-refractivity contribution is 7.22. The third-order valence-corrected chi connectivity index (χ3v) is 4.74. The van der Waals surface area contributed by atoms with Crippen LogP contribution in [-0.2, 0) is 0 Å². The van der Waals surface area contributed by atoms with Crippen LogP contribution in [0.25, 0.3) is 10.2 Å². The molecule has 0 saturated heterocycles. The molecule has 0 spiro atoms. The van der Waals surface area contributed by atoms with Crippen molar-refractivity contribution < 1.29 is 9.13 Å². The SMILES string of the molecule is CC(Oc1ccc2nc(N)sc2c1)c1c(Cl)ccc(F)c1Cl. The maximum Gasteiger partial charge on any atom is 0.181 e. The Kier molecular flexibility index (Phi) is 4.12. The maximum atomic E-state index is 13.6. The Labute approximate surface area is 140 Å². The van der Waals surface area contributed by atoms with Crippen LogP contribution in [0.5, 0.6) is 5.75 Å². The number of aromatic nitrogens is 1. The van der Waals surface area contributed by atoms with Crippen molar-refractivity contribution in [1.82, 2.24) is 4.98 Å². The largest absolute Gasteiger partial charge is 0.486 e. The van der Waals surface area contributed by atoms with Gasteiger partial charge < -0.3 is 10.5 Å². The molecule has 2 N–H and O–H groups in total. The molecule has 0 aliphatic rings. The number of ether oxygens (including phenoxy) is 1. The summed E-state index contributed by atoms with van der Waals surface area (Å²) in [5.74, 6) is 0.0854. The van der Waals surface area contributed by atoms with Crippen LogP contribution in [0.2, 0.25) is 10.0 Å². The Bertz CT molecular complexity index is 853. The molecule has 114 valence electrons. The number of anilines is 1. The lowest BCUT2D eigenvalue weighted by molar-refractivity contribution is 0.227. The Hall–Kier alpha value is -1.56. The van der Waals surface area contributed by atoms with Crippen LogP contribution < -0.4 is 10.5 Å². The third-order valence-electron chi connectivity index (χ3n) is 3.18. The van der Waals surface area contributed by atoms with E-state index < -0.39 is 11.9 Å². The average molecular weight is 357 g/mol. The molecule has 1 aromatic heterocycles. The molecular formula is C15H11Cl2FN2OS. The van der Waals surface area contributed by atoms with Gasteiger partial charge in [-0.15, -0.1) is 0 Å². The van der Waals surface area contributed by atoms with Gasteiger partial charge in [0.1, 0.15) is 17.7 Å². The van der Waals surface area contributed by atoms with E-state index in [1.54, 1.807) is 13.0 Å². The number of benzene rings is 2. The van der Waals surface area contributed by atoms with E-state index >= 15 is 0 Å². The van der Waals surface area contributed by atoms with Gasteiger partial charge in [0.2, 0.25) is 0 Å². The first-order chi connectivity index (χ1) is 10.5. The van der Waals surface area contributed by atoms with Gasteiger partial charge >= 0.3 is 0 Å². The second-order valence-electron chi connectivity index (χ2n) is 4.70. The van der Waals surface area contributed by atoms with Crippen LogP contribution in [0.3, 0.4) is 0 Å². The van der Waals surface area contributed by atoms with Gasteiger partial charge in [-0.25, -0.2) is 9.37 Å².